The van der Waals surface area contributed by atoms with Crippen molar-refractivity contribution >= 4 is 42.4 Å². The van der Waals surface area contributed by atoms with Crippen molar-refractivity contribution in [1.29, 1.82) is 0 Å². The lowest BCUT2D eigenvalue weighted by Gasteiger charge is -2.10. The Morgan fingerprint density at radius 1 is 1.00 bits per heavy atom. The van der Waals surface area contributed by atoms with E-state index < -0.39 is 51.7 Å². The highest BCUT2D eigenvalue weighted by atomic mass is 32.2. The molecule has 0 bridgehead atoms. The number of nitrogen functional groups attached to an aromatic ring is 1. The molecule has 10 nitrogen and oxygen atoms in total. The fourth-order valence-electron chi connectivity index (χ4n) is 1.98. The Hall–Kier alpha value is -2.28. The zero-order valence-electron chi connectivity index (χ0n) is 10.5. The van der Waals surface area contributed by atoms with Crippen molar-refractivity contribution in [3.63, 3.8) is 0 Å². The van der Waals surface area contributed by atoms with Gasteiger partial charge in [-0.05, 0) is 6.07 Å². The molecule has 0 heterocycles. The molecule has 2 rings (SSSR count). The number of benzene rings is 2. The second-order valence-corrected chi connectivity index (χ2v) is 6.98. The van der Waals surface area contributed by atoms with Crippen LogP contribution in [0.1, 0.15) is 0 Å². The standard InChI is InChI=1S/C10H8N2O8S2/c11-8-2-1-6-7(10(8)22(18,19)20)3-5(12(13)14)4-9(6)21(15,16)17/h1-4H,11H2,(H,15,16,17)(H,18,19,20). The molecule has 0 fully saturated rings. The van der Waals surface area contributed by atoms with Crippen molar-refractivity contribution in [2.45, 2.75) is 9.79 Å². The summed E-state index contributed by atoms with van der Waals surface area (Å²) in [5.41, 5.74) is 4.21. The number of non-ortho nitro benzene ring substituents is 1. The first kappa shape index (κ1) is 16.1. The second-order valence-electron chi connectivity index (χ2n) is 4.23. The molecule has 0 aliphatic heterocycles. The van der Waals surface area contributed by atoms with Gasteiger partial charge in [-0.25, -0.2) is 0 Å². The first-order valence-electron chi connectivity index (χ1n) is 5.38. The largest absolute Gasteiger partial charge is 0.398 e. The Bertz CT molecular complexity index is 1010. The minimum absolute atomic E-state index is 0.338. The summed E-state index contributed by atoms with van der Waals surface area (Å²) in [6, 6.07) is 3.36. The Kier molecular flexibility index (Phi) is 3.57. The number of hydrogen-bond donors (Lipinski definition) is 3. The average molecular weight is 348 g/mol. The summed E-state index contributed by atoms with van der Waals surface area (Å²) in [5.74, 6) is 0. The second kappa shape index (κ2) is 4.88. The van der Waals surface area contributed by atoms with Crippen molar-refractivity contribution in [2.75, 3.05) is 5.73 Å². The van der Waals surface area contributed by atoms with Gasteiger partial charge in [-0.2, -0.15) is 16.8 Å². The van der Waals surface area contributed by atoms with Crippen LogP contribution in [0.3, 0.4) is 0 Å². The zero-order chi connectivity index (χ0) is 16.9. The number of nitro benzene ring substituents is 1. The SMILES string of the molecule is Nc1ccc2c(S(=O)(=O)O)cc([N+](=O)[O-])cc2c1S(=O)(=O)O. The molecule has 22 heavy (non-hydrogen) atoms. The minimum Gasteiger partial charge on any atom is -0.398 e. The summed E-state index contributed by atoms with van der Waals surface area (Å²) in [6.45, 7) is 0. The monoisotopic (exact) mass is 348 g/mol. The number of nitrogens with two attached hydrogens (primary N) is 1. The molecular weight excluding hydrogens is 340 g/mol. The maximum Gasteiger partial charge on any atom is 0.297 e. The van der Waals surface area contributed by atoms with E-state index in [9.17, 15) is 31.5 Å². The van der Waals surface area contributed by atoms with Crippen LogP contribution >= 0.6 is 0 Å². The highest BCUT2D eigenvalue weighted by molar-refractivity contribution is 7.86. The van der Waals surface area contributed by atoms with Crippen molar-refractivity contribution in [2.24, 2.45) is 0 Å². The fourth-order valence-corrected chi connectivity index (χ4v) is 3.52. The molecule has 0 aromatic heterocycles. The van der Waals surface area contributed by atoms with Crippen LogP contribution in [-0.4, -0.2) is 30.9 Å². The summed E-state index contributed by atoms with van der Waals surface area (Å²) in [4.78, 5) is 8.12. The molecule has 0 saturated carbocycles. The number of hydrogen-bond acceptors (Lipinski definition) is 7. The quantitative estimate of drug-likeness (QED) is 0.313. The van der Waals surface area contributed by atoms with Gasteiger partial charge in [0.25, 0.3) is 25.9 Å². The summed E-state index contributed by atoms with van der Waals surface area (Å²) in [7, 11) is -9.77. The van der Waals surface area contributed by atoms with Gasteiger partial charge in [0.2, 0.25) is 0 Å². The van der Waals surface area contributed by atoms with Crippen molar-refractivity contribution in [3.05, 3.63) is 34.4 Å². The molecule has 0 saturated heterocycles. The Balaban J connectivity index is 3.17. The van der Waals surface area contributed by atoms with Crippen molar-refractivity contribution < 1.29 is 30.9 Å². The van der Waals surface area contributed by atoms with Gasteiger partial charge < -0.3 is 5.73 Å². The molecule has 4 N–H and O–H groups in total. The summed E-state index contributed by atoms with van der Waals surface area (Å²) in [6.07, 6.45) is 0. The van der Waals surface area contributed by atoms with Crippen LogP contribution in [0.5, 0.6) is 0 Å². The summed E-state index contributed by atoms with van der Waals surface area (Å²) < 4.78 is 63.9. The third-order valence-electron chi connectivity index (χ3n) is 2.81. The van der Waals surface area contributed by atoms with E-state index >= 15 is 0 Å². The van der Waals surface area contributed by atoms with E-state index in [0.29, 0.717) is 6.07 Å². The van der Waals surface area contributed by atoms with Crippen LogP contribution in [0.4, 0.5) is 11.4 Å². The third kappa shape index (κ3) is 2.71. The van der Waals surface area contributed by atoms with Crippen LogP contribution in [0.25, 0.3) is 10.8 Å². The molecule has 0 aliphatic rings. The number of nitrogens with zero attached hydrogens (tertiary/aromatic N) is 1. The molecule has 0 spiro atoms. The number of nitro groups is 1. The van der Waals surface area contributed by atoms with E-state index in [2.05, 4.69) is 0 Å². The number of fused-ring (bicyclic) bond motifs is 1. The predicted molar refractivity (Wildman–Crippen MR) is 74.6 cm³/mol. The van der Waals surface area contributed by atoms with Gasteiger partial charge in [-0.15, -0.1) is 0 Å². The molecule has 0 unspecified atom stereocenters. The maximum atomic E-state index is 11.4. The molecule has 12 heteroatoms. The summed E-state index contributed by atoms with van der Waals surface area (Å²) >= 11 is 0. The molecule has 0 radical (unpaired) electrons. The van der Waals surface area contributed by atoms with E-state index in [1.54, 1.807) is 0 Å². The fraction of sp³-hybridized carbons (Fsp3) is 0. The van der Waals surface area contributed by atoms with E-state index in [-0.39, 0.29) is 5.39 Å². The lowest BCUT2D eigenvalue weighted by atomic mass is 10.1. The first-order chi connectivity index (χ1) is 9.93. The number of anilines is 1. The smallest absolute Gasteiger partial charge is 0.297 e. The van der Waals surface area contributed by atoms with Gasteiger partial charge in [0.15, 0.2) is 0 Å². The average Bonchev–Trinajstić information content (AvgIpc) is 2.33. The Morgan fingerprint density at radius 3 is 2.05 bits per heavy atom. The first-order valence-corrected chi connectivity index (χ1v) is 8.26. The van der Waals surface area contributed by atoms with Crippen LogP contribution in [0.15, 0.2) is 34.1 Å². The highest BCUT2D eigenvalue weighted by Gasteiger charge is 2.26. The normalized spacial score (nSPS) is 12.5. The van der Waals surface area contributed by atoms with E-state index in [0.717, 1.165) is 18.2 Å². The molecule has 0 amide bonds. The lowest BCUT2D eigenvalue weighted by Crippen LogP contribution is -2.07. The molecule has 2 aromatic rings. The van der Waals surface area contributed by atoms with Gasteiger partial charge >= 0.3 is 0 Å². The van der Waals surface area contributed by atoms with Crippen LogP contribution in [0, 0.1) is 10.1 Å². The van der Waals surface area contributed by atoms with Crippen LogP contribution in [-0.2, 0) is 20.2 Å². The van der Waals surface area contributed by atoms with Gasteiger partial charge in [-0.1, -0.05) is 6.07 Å². The van der Waals surface area contributed by atoms with Crippen molar-refractivity contribution in [1.82, 2.24) is 0 Å². The van der Waals surface area contributed by atoms with Crippen LogP contribution < -0.4 is 5.73 Å². The number of rotatable bonds is 3. The van der Waals surface area contributed by atoms with Gasteiger partial charge in [-0.3, -0.25) is 19.2 Å². The molecule has 0 atom stereocenters. The Labute approximate surface area is 123 Å². The molecule has 0 aliphatic carbocycles. The van der Waals surface area contributed by atoms with E-state index in [1.807, 2.05) is 0 Å². The van der Waals surface area contributed by atoms with Crippen LogP contribution in [0.2, 0.25) is 0 Å². The van der Waals surface area contributed by atoms with Gasteiger partial charge in [0.05, 0.1) is 10.6 Å². The zero-order valence-corrected chi connectivity index (χ0v) is 12.1. The van der Waals surface area contributed by atoms with E-state index in [1.165, 1.54) is 0 Å². The van der Waals surface area contributed by atoms with Crippen molar-refractivity contribution in [3.8, 4) is 0 Å². The minimum atomic E-state index is -4.89. The molecule has 2 aromatic carbocycles. The predicted octanol–water partition coefficient (Wildman–Crippen LogP) is 0.824. The molecule has 118 valence electrons. The maximum absolute atomic E-state index is 11.4. The lowest BCUT2D eigenvalue weighted by molar-refractivity contribution is -0.384. The van der Waals surface area contributed by atoms with E-state index in [4.69, 9.17) is 10.3 Å². The van der Waals surface area contributed by atoms with Gasteiger partial charge in [0.1, 0.15) is 9.79 Å². The topological polar surface area (TPSA) is 178 Å². The van der Waals surface area contributed by atoms with Gasteiger partial charge in [0, 0.05) is 22.9 Å². The Morgan fingerprint density at radius 2 is 1.59 bits per heavy atom. The summed E-state index contributed by atoms with van der Waals surface area (Å²) in [5, 5.41) is 10.0. The third-order valence-corrected chi connectivity index (χ3v) is 4.67. The molecular formula is C10H8N2O8S2. The highest BCUT2D eigenvalue weighted by Crippen LogP contribution is 2.35.